The van der Waals surface area contributed by atoms with Crippen LogP contribution in [0, 0.1) is 5.92 Å². The lowest BCUT2D eigenvalue weighted by molar-refractivity contribution is -0.146. The van der Waals surface area contributed by atoms with E-state index in [1.807, 2.05) is 20.8 Å². The van der Waals surface area contributed by atoms with Crippen molar-refractivity contribution in [3.63, 3.8) is 0 Å². The van der Waals surface area contributed by atoms with Gasteiger partial charge >= 0.3 is 12.1 Å². The number of amides is 1. The standard InChI is InChI=1S/C16H27NO5/c1-5-21-14(19)10-13(18)11-6-8-12(9-7-11)17-15(20)22-16(2,3)4/h11-12H,5-10H2,1-4H3,(H,17,20). The van der Waals surface area contributed by atoms with Gasteiger partial charge in [-0.1, -0.05) is 0 Å². The van der Waals surface area contributed by atoms with Crippen LogP contribution in [-0.4, -0.2) is 36.1 Å². The number of hydrogen-bond acceptors (Lipinski definition) is 5. The summed E-state index contributed by atoms with van der Waals surface area (Å²) in [5, 5.41) is 2.83. The van der Waals surface area contributed by atoms with Crippen LogP contribution in [0.2, 0.25) is 0 Å². The van der Waals surface area contributed by atoms with Gasteiger partial charge in [0.05, 0.1) is 6.61 Å². The van der Waals surface area contributed by atoms with Crippen LogP contribution in [0.4, 0.5) is 4.79 Å². The largest absolute Gasteiger partial charge is 0.466 e. The molecule has 6 nitrogen and oxygen atoms in total. The Hall–Kier alpha value is -1.59. The highest BCUT2D eigenvalue weighted by Crippen LogP contribution is 2.26. The molecule has 0 bridgehead atoms. The third-order valence-corrected chi connectivity index (χ3v) is 3.53. The van der Waals surface area contributed by atoms with E-state index in [1.54, 1.807) is 6.92 Å². The maximum atomic E-state index is 12.0. The summed E-state index contributed by atoms with van der Waals surface area (Å²) in [4.78, 5) is 35.0. The zero-order valence-electron chi connectivity index (χ0n) is 13.9. The van der Waals surface area contributed by atoms with E-state index < -0.39 is 17.7 Å². The highest BCUT2D eigenvalue weighted by molar-refractivity contribution is 5.96. The zero-order valence-corrected chi connectivity index (χ0v) is 13.9. The molecule has 1 amide bonds. The van der Waals surface area contributed by atoms with Crippen LogP contribution in [0.25, 0.3) is 0 Å². The number of alkyl carbamates (subject to hydrolysis) is 1. The summed E-state index contributed by atoms with van der Waals surface area (Å²) in [6.45, 7) is 7.46. The van der Waals surface area contributed by atoms with Crippen molar-refractivity contribution < 1.29 is 23.9 Å². The first kappa shape index (κ1) is 18.5. The van der Waals surface area contributed by atoms with Crippen molar-refractivity contribution in [3.05, 3.63) is 0 Å². The lowest BCUT2D eigenvalue weighted by Crippen LogP contribution is -2.41. The fourth-order valence-corrected chi connectivity index (χ4v) is 2.53. The molecule has 0 aromatic carbocycles. The third kappa shape index (κ3) is 6.91. The second-order valence-corrected chi connectivity index (χ2v) is 6.64. The molecule has 1 saturated carbocycles. The molecule has 0 aliphatic heterocycles. The summed E-state index contributed by atoms with van der Waals surface area (Å²) < 4.78 is 10.0. The number of nitrogens with one attached hydrogen (secondary N) is 1. The molecule has 1 aliphatic carbocycles. The quantitative estimate of drug-likeness (QED) is 0.623. The van der Waals surface area contributed by atoms with E-state index in [9.17, 15) is 14.4 Å². The lowest BCUT2D eigenvalue weighted by Gasteiger charge is -2.29. The highest BCUT2D eigenvalue weighted by atomic mass is 16.6. The number of esters is 1. The fraction of sp³-hybridized carbons (Fsp3) is 0.812. The first-order valence-corrected chi connectivity index (χ1v) is 7.89. The van der Waals surface area contributed by atoms with Gasteiger partial charge in [-0.15, -0.1) is 0 Å². The van der Waals surface area contributed by atoms with Gasteiger partial charge in [0.15, 0.2) is 0 Å². The van der Waals surface area contributed by atoms with Crippen LogP contribution in [-0.2, 0) is 19.1 Å². The van der Waals surface area contributed by atoms with E-state index in [-0.39, 0.29) is 24.2 Å². The average molecular weight is 313 g/mol. The molecule has 22 heavy (non-hydrogen) atoms. The molecule has 0 heterocycles. The maximum absolute atomic E-state index is 12.0. The molecule has 1 aliphatic rings. The van der Waals surface area contributed by atoms with Gasteiger partial charge in [0, 0.05) is 12.0 Å². The number of rotatable bonds is 5. The number of ketones is 1. The van der Waals surface area contributed by atoms with Crippen molar-refractivity contribution in [2.45, 2.75) is 71.4 Å². The van der Waals surface area contributed by atoms with E-state index in [1.165, 1.54) is 0 Å². The molecule has 0 aromatic heterocycles. The summed E-state index contributed by atoms with van der Waals surface area (Å²) >= 11 is 0. The van der Waals surface area contributed by atoms with Gasteiger partial charge in [0.2, 0.25) is 0 Å². The van der Waals surface area contributed by atoms with Crippen molar-refractivity contribution in [1.29, 1.82) is 0 Å². The molecule has 0 radical (unpaired) electrons. The molecule has 1 rings (SSSR count). The minimum absolute atomic E-state index is 0.0292. The Balaban J connectivity index is 2.32. The zero-order chi connectivity index (χ0) is 16.8. The SMILES string of the molecule is CCOC(=O)CC(=O)C1CCC(NC(=O)OC(C)(C)C)CC1. The van der Waals surface area contributed by atoms with Gasteiger partial charge in [-0.2, -0.15) is 0 Å². The summed E-state index contributed by atoms with van der Waals surface area (Å²) in [6.07, 6.45) is 2.23. The number of hydrogen-bond donors (Lipinski definition) is 1. The summed E-state index contributed by atoms with van der Waals surface area (Å²) in [5.41, 5.74) is -0.517. The smallest absolute Gasteiger partial charge is 0.407 e. The Labute approximate surface area is 131 Å². The van der Waals surface area contributed by atoms with E-state index in [0.717, 1.165) is 12.8 Å². The molecule has 1 N–H and O–H groups in total. The van der Waals surface area contributed by atoms with Gasteiger partial charge in [-0.05, 0) is 53.4 Å². The molecular weight excluding hydrogens is 286 g/mol. The number of carbonyl (C=O) groups excluding carboxylic acids is 3. The summed E-state index contributed by atoms with van der Waals surface area (Å²) in [7, 11) is 0. The number of ether oxygens (including phenoxy) is 2. The number of carbonyl (C=O) groups is 3. The second kappa shape index (κ2) is 8.15. The lowest BCUT2D eigenvalue weighted by atomic mass is 9.82. The Morgan fingerprint density at radius 2 is 1.68 bits per heavy atom. The molecule has 1 fully saturated rings. The Morgan fingerprint density at radius 3 is 2.18 bits per heavy atom. The first-order valence-electron chi connectivity index (χ1n) is 7.89. The normalized spacial score (nSPS) is 21.8. The van der Waals surface area contributed by atoms with Crippen LogP contribution in [0.5, 0.6) is 0 Å². The molecular formula is C16H27NO5. The first-order chi connectivity index (χ1) is 10.2. The minimum atomic E-state index is -0.517. The van der Waals surface area contributed by atoms with E-state index in [4.69, 9.17) is 9.47 Å². The van der Waals surface area contributed by atoms with Crippen molar-refractivity contribution in [2.24, 2.45) is 5.92 Å². The second-order valence-electron chi connectivity index (χ2n) is 6.64. The predicted octanol–water partition coefficient (Wildman–Crippen LogP) is 2.59. The van der Waals surface area contributed by atoms with Gasteiger partial charge < -0.3 is 14.8 Å². The topological polar surface area (TPSA) is 81.7 Å². The van der Waals surface area contributed by atoms with Crippen LogP contribution < -0.4 is 5.32 Å². The van der Waals surface area contributed by atoms with E-state index in [2.05, 4.69) is 5.32 Å². The van der Waals surface area contributed by atoms with Crippen LogP contribution in [0.15, 0.2) is 0 Å². The fourth-order valence-electron chi connectivity index (χ4n) is 2.53. The highest BCUT2D eigenvalue weighted by Gasteiger charge is 2.29. The van der Waals surface area contributed by atoms with Gasteiger partial charge in [0.25, 0.3) is 0 Å². The summed E-state index contributed by atoms with van der Waals surface area (Å²) in [6, 6.07) is 0.0292. The molecule has 0 aromatic rings. The molecule has 0 saturated heterocycles. The van der Waals surface area contributed by atoms with E-state index in [0.29, 0.717) is 19.4 Å². The average Bonchev–Trinajstić information content (AvgIpc) is 2.37. The predicted molar refractivity (Wildman–Crippen MR) is 81.4 cm³/mol. The third-order valence-electron chi connectivity index (χ3n) is 3.53. The van der Waals surface area contributed by atoms with Crippen molar-refractivity contribution >= 4 is 17.8 Å². The van der Waals surface area contributed by atoms with Crippen LogP contribution in [0.3, 0.4) is 0 Å². The number of Topliss-reactive ketones (excluding diaryl/α,β-unsaturated/α-hetero) is 1. The van der Waals surface area contributed by atoms with Crippen molar-refractivity contribution in [2.75, 3.05) is 6.61 Å². The van der Waals surface area contributed by atoms with Crippen LogP contribution >= 0.6 is 0 Å². The van der Waals surface area contributed by atoms with Gasteiger partial charge in [-0.3, -0.25) is 9.59 Å². The van der Waals surface area contributed by atoms with Gasteiger partial charge in [-0.25, -0.2) is 4.79 Å². The molecule has 0 atom stereocenters. The Bertz CT molecular complexity index is 405. The van der Waals surface area contributed by atoms with Gasteiger partial charge in [0.1, 0.15) is 17.8 Å². The molecule has 6 heteroatoms. The maximum Gasteiger partial charge on any atom is 0.407 e. The van der Waals surface area contributed by atoms with E-state index >= 15 is 0 Å². The van der Waals surface area contributed by atoms with Crippen molar-refractivity contribution in [3.8, 4) is 0 Å². The molecule has 0 unspecified atom stereocenters. The van der Waals surface area contributed by atoms with Crippen molar-refractivity contribution in [1.82, 2.24) is 5.32 Å². The molecule has 126 valence electrons. The molecule has 0 spiro atoms. The minimum Gasteiger partial charge on any atom is -0.466 e. The summed E-state index contributed by atoms with van der Waals surface area (Å²) in [5.74, 6) is -0.628. The Kier molecular flexibility index (Phi) is 6.84. The Morgan fingerprint density at radius 1 is 1.09 bits per heavy atom. The monoisotopic (exact) mass is 313 g/mol. The van der Waals surface area contributed by atoms with Crippen LogP contribution in [0.1, 0.15) is 59.8 Å².